The van der Waals surface area contributed by atoms with E-state index >= 15 is 0 Å². The lowest BCUT2D eigenvalue weighted by atomic mass is 10.1. The van der Waals surface area contributed by atoms with Gasteiger partial charge >= 0.3 is 0 Å². The Morgan fingerprint density at radius 3 is 2.63 bits per heavy atom. The molecular weight excluding hydrogens is 477 g/mol. The molecule has 3 N–H and O–H groups in total. The van der Waals surface area contributed by atoms with Crippen molar-refractivity contribution in [2.45, 2.75) is 6.92 Å². The van der Waals surface area contributed by atoms with Crippen LogP contribution in [0, 0.1) is 10.5 Å². The minimum atomic E-state index is -0.448. The lowest BCUT2D eigenvalue weighted by Crippen LogP contribution is -2.48. The van der Waals surface area contributed by atoms with E-state index in [9.17, 15) is 9.59 Å². The van der Waals surface area contributed by atoms with Gasteiger partial charge in [0.1, 0.15) is 12.4 Å². The predicted octanol–water partition coefficient (Wildman–Crippen LogP) is 3.11. The van der Waals surface area contributed by atoms with Crippen molar-refractivity contribution in [2.75, 3.05) is 6.61 Å². The van der Waals surface area contributed by atoms with E-state index in [-0.39, 0.29) is 17.6 Å². The highest BCUT2D eigenvalue weighted by Crippen LogP contribution is 2.17. The van der Waals surface area contributed by atoms with Gasteiger partial charge in [-0.15, -0.1) is 0 Å². The minimum Gasteiger partial charge on any atom is -0.489 e. The van der Waals surface area contributed by atoms with E-state index in [4.69, 9.17) is 17.0 Å². The molecule has 140 valence electrons. The first-order valence-corrected chi connectivity index (χ1v) is 9.41. The number of para-hydroxylation sites is 1. The molecule has 0 atom stereocenters. The molecule has 0 aliphatic rings. The SMILES string of the molecule is C=CCOc1ccccc1C(=O)NNC(=S)NC(=O)c1ccc(C)c(I)c1. The van der Waals surface area contributed by atoms with Gasteiger partial charge in [-0.2, -0.15) is 0 Å². The van der Waals surface area contributed by atoms with E-state index in [1.165, 1.54) is 0 Å². The Balaban J connectivity index is 1.93. The number of carbonyl (C=O) groups is 2. The largest absolute Gasteiger partial charge is 0.489 e. The van der Waals surface area contributed by atoms with Crippen LogP contribution in [0.5, 0.6) is 5.75 Å². The number of nitrogens with one attached hydrogen (secondary N) is 3. The van der Waals surface area contributed by atoms with Crippen LogP contribution in [0.25, 0.3) is 0 Å². The van der Waals surface area contributed by atoms with E-state index in [1.54, 1.807) is 42.5 Å². The molecule has 0 heterocycles. The summed E-state index contributed by atoms with van der Waals surface area (Å²) in [5.41, 5.74) is 6.84. The van der Waals surface area contributed by atoms with Crippen LogP contribution in [0.3, 0.4) is 0 Å². The Kier molecular flexibility index (Phi) is 7.74. The number of amides is 2. The van der Waals surface area contributed by atoms with Gasteiger partial charge in [-0.25, -0.2) is 0 Å². The number of carbonyl (C=O) groups excluding carboxylic acids is 2. The summed E-state index contributed by atoms with van der Waals surface area (Å²) >= 11 is 7.21. The molecule has 0 bridgehead atoms. The van der Waals surface area contributed by atoms with Gasteiger partial charge in [0.15, 0.2) is 5.11 Å². The fraction of sp³-hybridized carbons (Fsp3) is 0.105. The Bertz CT molecular complexity index is 886. The molecular formula is C19H18IN3O3S. The molecule has 2 amide bonds. The van der Waals surface area contributed by atoms with Crippen molar-refractivity contribution >= 4 is 51.7 Å². The number of aryl methyl sites for hydroxylation is 1. The zero-order valence-corrected chi connectivity index (χ0v) is 17.5. The van der Waals surface area contributed by atoms with E-state index in [2.05, 4.69) is 45.3 Å². The van der Waals surface area contributed by atoms with Gasteiger partial charge in [-0.05, 0) is 71.6 Å². The minimum absolute atomic E-state index is 0.0200. The summed E-state index contributed by atoms with van der Waals surface area (Å²) in [6.45, 7) is 5.82. The molecule has 0 spiro atoms. The molecule has 0 saturated heterocycles. The third-order valence-corrected chi connectivity index (χ3v) is 4.81. The molecule has 0 aliphatic heterocycles. The lowest BCUT2D eigenvalue weighted by molar-refractivity contribution is 0.0931. The van der Waals surface area contributed by atoms with Crippen molar-refractivity contribution in [2.24, 2.45) is 0 Å². The van der Waals surface area contributed by atoms with Crippen LogP contribution >= 0.6 is 34.8 Å². The van der Waals surface area contributed by atoms with E-state index < -0.39 is 5.91 Å². The van der Waals surface area contributed by atoms with Gasteiger partial charge in [0.25, 0.3) is 11.8 Å². The molecule has 0 aliphatic carbocycles. The lowest BCUT2D eigenvalue weighted by Gasteiger charge is -2.13. The first kappa shape index (κ1) is 20.8. The van der Waals surface area contributed by atoms with Gasteiger partial charge in [-0.3, -0.25) is 25.8 Å². The summed E-state index contributed by atoms with van der Waals surface area (Å²) < 4.78 is 6.42. The molecule has 2 aromatic carbocycles. The molecule has 0 fully saturated rings. The first-order valence-electron chi connectivity index (χ1n) is 7.93. The summed E-state index contributed by atoms with van der Waals surface area (Å²) in [7, 11) is 0. The second-order valence-electron chi connectivity index (χ2n) is 5.42. The summed E-state index contributed by atoms with van der Waals surface area (Å²) in [4.78, 5) is 24.5. The van der Waals surface area contributed by atoms with Crippen LogP contribution in [0.4, 0.5) is 0 Å². The highest BCUT2D eigenvalue weighted by Gasteiger charge is 2.13. The number of benzene rings is 2. The third kappa shape index (κ3) is 6.04. The Hall–Kier alpha value is -2.46. The molecule has 2 aromatic rings. The Labute approximate surface area is 176 Å². The van der Waals surface area contributed by atoms with Crippen LogP contribution < -0.4 is 20.9 Å². The third-order valence-electron chi connectivity index (χ3n) is 3.44. The van der Waals surface area contributed by atoms with Crippen molar-refractivity contribution in [3.63, 3.8) is 0 Å². The van der Waals surface area contributed by atoms with Crippen LogP contribution in [0.1, 0.15) is 26.3 Å². The smallest absolute Gasteiger partial charge is 0.273 e. The molecule has 0 radical (unpaired) electrons. The van der Waals surface area contributed by atoms with Crippen molar-refractivity contribution < 1.29 is 14.3 Å². The highest BCUT2D eigenvalue weighted by atomic mass is 127. The second-order valence-corrected chi connectivity index (χ2v) is 6.99. The summed E-state index contributed by atoms with van der Waals surface area (Å²) in [6.07, 6.45) is 1.59. The maximum atomic E-state index is 12.3. The number of ether oxygens (including phenoxy) is 1. The van der Waals surface area contributed by atoms with E-state index in [1.807, 2.05) is 13.0 Å². The van der Waals surface area contributed by atoms with Gasteiger partial charge < -0.3 is 4.74 Å². The first-order chi connectivity index (χ1) is 12.9. The molecule has 0 saturated carbocycles. The fourth-order valence-electron chi connectivity index (χ4n) is 2.05. The molecule has 2 rings (SSSR count). The monoisotopic (exact) mass is 495 g/mol. The standard InChI is InChI=1S/C19H18IN3O3S/c1-3-10-26-16-7-5-4-6-14(16)18(25)22-23-19(27)21-17(24)13-9-8-12(2)15(20)11-13/h3-9,11H,1,10H2,2H3,(H,22,25)(H2,21,23,24,27). The van der Waals surface area contributed by atoms with Crippen molar-refractivity contribution in [3.05, 3.63) is 75.4 Å². The Morgan fingerprint density at radius 1 is 1.19 bits per heavy atom. The summed E-state index contributed by atoms with van der Waals surface area (Å²) in [5.74, 6) is -0.397. The molecule has 27 heavy (non-hydrogen) atoms. The number of rotatable bonds is 5. The number of hydrazine groups is 1. The zero-order chi connectivity index (χ0) is 19.8. The molecule has 6 nitrogen and oxygen atoms in total. The maximum absolute atomic E-state index is 12.3. The van der Waals surface area contributed by atoms with Gasteiger partial charge in [0, 0.05) is 9.13 Å². The fourth-order valence-corrected chi connectivity index (χ4v) is 2.71. The predicted molar refractivity (Wildman–Crippen MR) is 117 cm³/mol. The van der Waals surface area contributed by atoms with Gasteiger partial charge in [-0.1, -0.05) is 30.9 Å². The van der Waals surface area contributed by atoms with Crippen molar-refractivity contribution in [1.82, 2.24) is 16.2 Å². The maximum Gasteiger partial charge on any atom is 0.273 e. The number of thiocarbonyl (C=S) groups is 1. The number of hydrogen-bond donors (Lipinski definition) is 3. The Morgan fingerprint density at radius 2 is 1.93 bits per heavy atom. The van der Waals surface area contributed by atoms with E-state index in [0.717, 1.165) is 9.13 Å². The van der Waals surface area contributed by atoms with Crippen LogP contribution in [0.2, 0.25) is 0 Å². The van der Waals surface area contributed by atoms with Crippen LogP contribution in [-0.2, 0) is 0 Å². The average molecular weight is 495 g/mol. The normalized spacial score (nSPS) is 9.85. The average Bonchev–Trinajstić information content (AvgIpc) is 2.66. The number of hydrogen-bond acceptors (Lipinski definition) is 4. The van der Waals surface area contributed by atoms with Gasteiger partial charge in [0.2, 0.25) is 0 Å². The summed E-state index contributed by atoms with van der Waals surface area (Å²) in [5, 5.41) is 2.50. The topological polar surface area (TPSA) is 79.5 Å². The second kappa shape index (κ2) is 10.0. The zero-order valence-electron chi connectivity index (χ0n) is 14.5. The van der Waals surface area contributed by atoms with Crippen LogP contribution in [-0.4, -0.2) is 23.5 Å². The highest BCUT2D eigenvalue weighted by molar-refractivity contribution is 14.1. The van der Waals surface area contributed by atoms with Crippen molar-refractivity contribution in [3.8, 4) is 5.75 Å². The number of halogens is 1. The van der Waals surface area contributed by atoms with Crippen molar-refractivity contribution in [1.29, 1.82) is 0 Å². The molecule has 8 heteroatoms. The summed E-state index contributed by atoms with van der Waals surface area (Å²) in [6, 6.07) is 12.1. The van der Waals surface area contributed by atoms with Crippen LogP contribution in [0.15, 0.2) is 55.1 Å². The quantitative estimate of drug-likeness (QED) is 0.257. The van der Waals surface area contributed by atoms with Gasteiger partial charge in [0.05, 0.1) is 5.56 Å². The molecule has 0 aromatic heterocycles. The van der Waals surface area contributed by atoms with E-state index in [0.29, 0.717) is 16.9 Å². The molecule has 0 unspecified atom stereocenters.